The average molecular weight is 253 g/mol. The first-order valence-electron chi connectivity index (χ1n) is 5.94. The number of nitro benzene ring substituents is 1. The van der Waals surface area contributed by atoms with Gasteiger partial charge in [0.15, 0.2) is 0 Å². The Balaban J connectivity index is 2.28. The minimum absolute atomic E-state index is 0.232. The Kier molecular flexibility index (Phi) is 3.47. The van der Waals surface area contributed by atoms with Gasteiger partial charge in [-0.15, -0.1) is 0 Å². The Morgan fingerprint density at radius 3 is 2.72 bits per heavy atom. The third kappa shape index (κ3) is 2.59. The van der Waals surface area contributed by atoms with Crippen LogP contribution in [0.5, 0.6) is 0 Å². The second kappa shape index (κ2) is 4.89. The largest absolute Gasteiger partial charge is 0.374 e. The number of para-hydroxylation sites is 1. The van der Waals surface area contributed by atoms with Crippen LogP contribution in [-0.2, 0) is 0 Å². The summed E-state index contributed by atoms with van der Waals surface area (Å²) in [6, 6.07) is 4.14. The quantitative estimate of drug-likeness (QED) is 0.640. The molecule has 6 heteroatoms. The molecule has 0 aliphatic carbocycles. The molecule has 1 aromatic rings. The van der Waals surface area contributed by atoms with Crippen molar-refractivity contribution in [2.45, 2.75) is 25.3 Å². The van der Waals surface area contributed by atoms with Gasteiger partial charge in [0, 0.05) is 5.54 Å². The molecule has 5 nitrogen and oxygen atoms in total. The van der Waals surface area contributed by atoms with Gasteiger partial charge in [-0.25, -0.2) is 0 Å². The molecule has 0 radical (unpaired) electrons. The fourth-order valence-electron chi connectivity index (χ4n) is 2.23. The van der Waals surface area contributed by atoms with E-state index in [2.05, 4.69) is 10.6 Å². The minimum atomic E-state index is -0.803. The smallest absolute Gasteiger partial charge is 0.327 e. The van der Waals surface area contributed by atoms with Gasteiger partial charge < -0.3 is 10.6 Å². The van der Waals surface area contributed by atoms with Crippen molar-refractivity contribution in [1.82, 2.24) is 5.32 Å². The number of hydrogen-bond acceptors (Lipinski definition) is 4. The summed E-state index contributed by atoms with van der Waals surface area (Å²) in [5, 5.41) is 17.3. The van der Waals surface area contributed by atoms with Gasteiger partial charge in [-0.1, -0.05) is 6.07 Å². The summed E-state index contributed by atoms with van der Waals surface area (Å²) in [7, 11) is 0. The van der Waals surface area contributed by atoms with Gasteiger partial charge in [-0.2, -0.15) is 4.39 Å². The van der Waals surface area contributed by atoms with Crippen molar-refractivity contribution in [3.8, 4) is 0 Å². The topological polar surface area (TPSA) is 67.2 Å². The summed E-state index contributed by atoms with van der Waals surface area (Å²) in [6.45, 7) is 3.71. The van der Waals surface area contributed by atoms with Crippen LogP contribution in [0.15, 0.2) is 18.2 Å². The standard InChI is InChI=1S/C12H16FN3O2/c1-12(5-7-14-8-6-12)15-10-4-2-3-9(13)11(10)16(17)18/h2-4,14-15H,5-8H2,1H3. The molecule has 0 bridgehead atoms. The normalized spacial score (nSPS) is 18.3. The number of nitro groups is 1. The van der Waals surface area contributed by atoms with E-state index < -0.39 is 16.4 Å². The zero-order valence-corrected chi connectivity index (χ0v) is 10.2. The number of piperidine rings is 1. The molecule has 2 rings (SSSR count). The van der Waals surface area contributed by atoms with Crippen molar-refractivity contribution in [3.63, 3.8) is 0 Å². The van der Waals surface area contributed by atoms with Gasteiger partial charge in [0.1, 0.15) is 5.69 Å². The monoisotopic (exact) mass is 253 g/mol. The molecule has 1 saturated heterocycles. The molecule has 98 valence electrons. The van der Waals surface area contributed by atoms with Gasteiger partial charge in [-0.05, 0) is 45.0 Å². The van der Waals surface area contributed by atoms with Crippen LogP contribution in [-0.4, -0.2) is 23.6 Å². The van der Waals surface area contributed by atoms with Gasteiger partial charge in [0.2, 0.25) is 5.82 Å². The molecular weight excluding hydrogens is 237 g/mol. The fourth-order valence-corrected chi connectivity index (χ4v) is 2.23. The van der Waals surface area contributed by atoms with Crippen molar-refractivity contribution in [1.29, 1.82) is 0 Å². The van der Waals surface area contributed by atoms with E-state index in [9.17, 15) is 14.5 Å². The molecule has 1 fully saturated rings. The summed E-state index contributed by atoms with van der Waals surface area (Å²) in [5.74, 6) is -0.803. The van der Waals surface area contributed by atoms with Gasteiger partial charge >= 0.3 is 5.69 Å². The van der Waals surface area contributed by atoms with E-state index in [1.54, 1.807) is 6.07 Å². The van der Waals surface area contributed by atoms with Crippen LogP contribution in [0.4, 0.5) is 15.8 Å². The highest BCUT2D eigenvalue weighted by atomic mass is 19.1. The summed E-state index contributed by atoms with van der Waals surface area (Å²) >= 11 is 0. The fraction of sp³-hybridized carbons (Fsp3) is 0.500. The van der Waals surface area contributed by atoms with E-state index in [4.69, 9.17) is 0 Å². The maximum Gasteiger partial charge on any atom is 0.327 e. The molecule has 18 heavy (non-hydrogen) atoms. The molecule has 1 heterocycles. The number of nitrogens with zero attached hydrogens (tertiary/aromatic N) is 1. The van der Waals surface area contributed by atoms with Crippen LogP contribution in [0.2, 0.25) is 0 Å². The summed E-state index contributed by atoms with van der Waals surface area (Å²) in [4.78, 5) is 10.2. The molecule has 1 aliphatic heterocycles. The van der Waals surface area contributed by atoms with Crippen molar-refractivity contribution in [3.05, 3.63) is 34.1 Å². The van der Waals surface area contributed by atoms with Crippen LogP contribution >= 0.6 is 0 Å². The van der Waals surface area contributed by atoms with Crippen LogP contribution in [0.1, 0.15) is 19.8 Å². The highest BCUT2D eigenvalue weighted by Gasteiger charge is 2.30. The lowest BCUT2D eigenvalue weighted by Gasteiger charge is -2.35. The Morgan fingerprint density at radius 2 is 2.11 bits per heavy atom. The molecule has 0 unspecified atom stereocenters. The lowest BCUT2D eigenvalue weighted by molar-refractivity contribution is -0.386. The molecule has 0 saturated carbocycles. The van der Waals surface area contributed by atoms with Gasteiger partial charge in [0.25, 0.3) is 0 Å². The molecule has 0 spiro atoms. The molecule has 0 aromatic heterocycles. The van der Waals surface area contributed by atoms with E-state index >= 15 is 0 Å². The second-order valence-corrected chi connectivity index (χ2v) is 4.83. The highest BCUT2D eigenvalue weighted by molar-refractivity contribution is 5.63. The maximum atomic E-state index is 13.5. The van der Waals surface area contributed by atoms with E-state index in [-0.39, 0.29) is 11.2 Å². The molecule has 1 aromatic carbocycles. The molecule has 0 atom stereocenters. The van der Waals surface area contributed by atoms with Gasteiger partial charge in [0.05, 0.1) is 4.92 Å². The van der Waals surface area contributed by atoms with Crippen LogP contribution in [0.3, 0.4) is 0 Å². The Hall–Kier alpha value is -1.69. The first-order chi connectivity index (χ1) is 8.52. The maximum absolute atomic E-state index is 13.5. The lowest BCUT2D eigenvalue weighted by atomic mass is 9.90. The van der Waals surface area contributed by atoms with E-state index in [0.717, 1.165) is 32.0 Å². The summed E-state index contributed by atoms with van der Waals surface area (Å²) < 4.78 is 13.5. The third-order valence-corrected chi connectivity index (χ3v) is 3.31. The predicted molar refractivity (Wildman–Crippen MR) is 67.2 cm³/mol. The lowest BCUT2D eigenvalue weighted by Crippen LogP contribution is -2.45. The van der Waals surface area contributed by atoms with Crippen molar-refractivity contribution in [2.75, 3.05) is 18.4 Å². The van der Waals surface area contributed by atoms with E-state index in [0.29, 0.717) is 0 Å². The predicted octanol–water partition coefficient (Wildman–Crippen LogP) is 2.29. The third-order valence-electron chi connectivity index (χ3n) is 3.31. The Morgan fingerprint density at radius 1 is 1.44 bits per heavy atom. The number of hydrogen-bond donors (Lipinski definition) is 2. The summed E-state index contributed by atoms with van der Waals surface area (Å²) in [5.41, 5.74) is -0.453. The van der Waals surface area contributed by atoms with E-state index in [1.165, 1.54) is 6.07 Å². The number of halogens is 1. The van der Waals surface area contributed by atoms with Crippen molar-refractivity contribution < 1.29 is 9.31 Å². The van der Waals surface area contributed by atoms with Crippen LogP contribution < -0.4 is 10.6 Å². The number of anilines is 1. The highest BCUT2D eigenvalue weighted by Crippen LogP contribution is 2.32. The van der Waals surface area contributed by atoms with E-state index in [1.807, 2.05) is 6.92 Å². The van der Waals surface area contributed by atoms with Crippen molar-refractivity contribution in [2.24, 2.45) is 0 Å². The van der Waals surface area contributed by atoms with Crippen molar-refractivity contribution >= 4 is 11.4 Å². The SMILES string of the molecule is CC1(Nc2cccc(F)c2[N+](=O)[O-])CCNCC1. The first-order valence-corrected chi connectivity index (χ1v) is 5.94. The molecular formula is C12H16FN3O2. The second-order valence-electron chi connectivity index (χ2n) is 4.83. The number of benzene rings is 1. The number of nitrogens with one attached hydrogen (secondary N) is 2. The average Bonchev–Trinajstić information content (AvgIpc) is 2.28. The van der Waals surface area contributed by atoms with Gasteiger partial charge in [-0.3, -0.25) is 10.1 Å². The van der Waals surface area contributed by atoms with Crippen LogP contribution in [0.25, 0.3) is 0 Å². The summed E-state index contributed by atoms with van der Waals surface area (Å²) in [6.07, 6.45) is 1.70. The Labute approximate surface area is 105 Å². The minimum Gasteiger partial charge on any atom is -0.374 e. The molecule has 1 aliphatic rings. The zero-order chi connectivity index (χ0) is 13.2. The van der Waals surface area contributed by atoms with Crippen LogP contribution in [0, 0.1) is 15.9 Å². The molecule has 2 N–H and O–H groups in total. The molecule has 0 amide bonds. The number of rotatable bonds is 3. The Bertz CT molecular complexity index is 459. The first kappa shape index (κ1) is 12.8. The zero-order valence-electron chi connectivity index (χ0n) is 10.2.